The molecule has 0 spiro atoms. The standard InChI is InChI=1S/C17H28F3NO4Si2/c1-23-14-10-12(8-9-13(14)24-26(2,3)4)15(25-27(5,6)7)11-21-16(22)17(18,19)20/h8-10,15H,11H2,1-7H3,(H,21,22). The fraction of sp³-hybridized carbons (Fsp3) is 0.588. The maximum atomic E-state index is 12.5. The summed E-state index contributed by atoms with van der Waals surface area (Å²) in [4.78, 5) is 11.2. The van der Waals surface area contributed by atoms with E-state index in [-0.39, 0.29) is 6.54 Å². The van der Waals surface area contributed by atoms with E-state index < -0.39 is 34.8 Å². The van der Waals surface area contributed by atoms with Crippen LogP contribution in [0.3, 0.4) is 0 Å². The van der Waals surface area contributed by atoms with Crippen molar-refractivity contribution < 1.29 is 31.6 Å². The van der Waals surface area contributed by atoms with Crippen LogP contribution >= 0.6 is 0 Å². The molecule has 0 bridgehead atoms. The third-order valence-electron chi connectivity index (χ3n) is 3.18. The monoisotopic (exact) mass is 423 g/mol. The molecule has 154 valence electrons. The van der Waals surface area contributed by atoms with Gasteiger partial charge in [-0.2, -0.15) is 13.2 Å². The summed E-state index contributed by atoms with van der Waals surface area (Å²) in [5.74, 6) is -0.940. The SMILES string of the molecule is COc1cc(C(CNC(=O)C(F)(F)F)O[Si](C)(C)C)ccc1O[Si](C)(C)C. The Morgan fingerprint density at radius 1 is 1.07 bits per heavy atom. The highest BCUT2D eigenvalue weighted by Gasteiger charge is 2.39. The van der Waals surface area contributed by atoms with Gasteiger partial charge in [-0.3, -0.25) is 4.79 Å². The number of alkyl halides is 3. The summed E-state index contributed by atoms with van der Waals surface area (Å²) in [5.41, 5.74) is 0.611. The van der Waals surface area contributed by atoms with Crippen LogP contribution in [0.1, 0.15) is 11.7 Å². The molecule has 1 unspecified atom stereocenters. The van der Waals surface area contributed by atoms with E-state index in [2.05, 4.69) is 0 Å². The van der Waals surface area contributed by atoms with Crippen LogP contribution in [-0.2, 0) is 9.22 Å². The zero-order valence-electron chi connectivity index (χ0n) is 16.8. The van der Waals surface area contributed by atoms with E-state index in [1.807, 2.05) is 44.6 Å². The molecular weight excluding hydrogens is 395 g/mol. The quantitative estimate of drug-likeness (QED) is 0.627. The molecule has 27 heavy (non-hydrogen) atoms. The van der Waals surface area contributed by atoms with Crippen LogP contribution in [0.2, 0.25) is 39.3 Å². The van der Waals surface area contributed by atoms with E-state index >= 15 is 0 Å². The number of rotatable bonds is 8. The molecule has 0 heterocycles. The number of methoxy groups -OCH3 is 1. The van der Waals surface area contributed by atoms with Gasteiger partial charge in [0.2, 0.25) is 8.32 Å². The predicted octanol–water partition coefficient (Wildman–Crippen LogP) is 4.48. The number of carbonyl (C=O) groups excluding carboxylic acids is 1. The van der Waals surface area contributed by atoms with Gasteiger partial charge in [0, 0.05) is 6.54 Å². The summed E-state index contributed by atoms with van der Waals surface area (Å²) in [6.45, 7) is 11.6. The normalized spacial score (nSPS) is 13.9. The minimum Gasteiger partial charge on any atom is -0.542 e. The number of amides is 1. The fourth-order valence-corrected chi connectivity index (χ4v) is 4.14. The van der Waals surface area contributed by atoms with E-state index in [1.54, 1.807) is 18.2 Å². The molecule has 1 rings (SSSR count). The van der Waals surface area contributed by atoms with Crippen molar-refractivity contribution in [2.75, 3.05) is 13.7 Å². The van der Waals surface area contributed by atoms with Crippen LogP contribution in [0.15, 0.2) is 18.2 Å². The van der Waals surface area contributed by atoms with Crippen molar-refractivity contribution in [3.05, 3.63) is 23.8 Å². The summed E-state index contributed by atoms with van der Waals surface area (Å²) < 4.78 is 54.8. The highest BCUT2D eigenvalue weighted by Crippen LogP contribution is 2.34. The Hall–Kier alpha value is -1.53. The van der Waals surface area contributed by atoms with Gasteiger partial charge >= 0.3 is 12.1 Å². The lowest BCUT2D eigenvalue weighted by Crippen LogP contribution is -2.41. The van der Waals surface area contributed by atoms with Crippen LogP contribution in [0.5, 0.6) is 11.5 Å². The lowest BCUT2D eigenvalue weighted by Gasteiger charge is -2.28. The minimum atomic E-state index is -4.93. The first kappa shape index (κ1) is 23.5. The average Bonchev–Trinajstić information content (AvgIpc) is 2.48. The zero-order chi connectivity index (χ0) is 21.0. The molecule has 0 saturated heterocycles. The van der Waals surface area contributed by atoms with Crippen LogP contribution in [0, 0.1) is 0 Å². The molecule has 1 N–H and O–H groups in total. The summed E-state index contributed by atoms with van der Waals surface area (Å²) in [6.07, 6.45) is -5.66. The van der Waals surface area contributed by atoms with Gasteiger partial charge in [0.05, 0.1) is 13.2 Å². The molecule has 1 amide bonds. The van der Waals surface area contributed by atoms with Crippen molar-refractivity contribution in [3.8, 4) is 11.5 Å². The summed E-state index contributed by atoms with van der Waals surface area (Å²) >= 11 is 0. The molecule has 0 radical (unpaired) electrons. The molecule has 1 atom stereocenters. The smallest absolute Gasteiger partial charge is 0.471 e. The van der Waals surface area contributed by atoms with Crippen molar-refractivity contribution in [1.29, 1.82) is 0 Å². The van der Waals surface area contributed by atoms with Gasteiger partial charge in [-0.1, -0.05) is 6.07 Å². The first-order valence-electron chi connectivity index (χ1n) is 8.52. The van der Waals surface area contributed by atoms with Crippen LogP contribution < -0.4 is 14.5 Å². The highest BCUT2D eigenvalue weighted by molar-refractivity contribution is 6.70. The topological polar surface area (TPSA) is 56.8 Å². The average molecular weight is 424 g/mol. The molecule has 0 aliphatic carbocycles. The third kappa shape index (κ3) is 8.35. The Balaban J connectivity index is 3.12. The Morgan fingerprint density at radius 3 is 2.11 bits per heavy atom. The van der Waals surface area contributed by atoms with E-state index in [1.165, 1.54) is 7.11 Å². The fourth-order valence-electron chi connectivity index (χ4n) is 2.24. The van der Waals surface area contributed by atoms with Gasteiger partial charge in [-0.25, -0.2) is 0 Å². The van der Waals surface area contributed by atoms with Crippen molar-refractivity contribution in [2.45, 2.75) is 51.6 Å². The second kappa shape index (κ2) is 8.65. The van der Waals surface area contributed by atoms with Gasteiger partial charge in [-0.15, -0.1) is 0 Å². The van der Waals surface area contributed by atoms with Crippen molar-refractivity contribution >= 4 is 22.5 Å². The number of ether oxygens (including phenoxy) is 1. The summed E-state index contributed by atoms with van der Waals surface area (Å²) in [5, 5.41) is 1.90. The molecule has 0 saturated carbocycles. The van der Waals surface area contributed by atoms with E-state index in [9.17, 15) is 18.0 Å². The first-order valence-corrected chi connectivity index (χ1v) is 15.3. The second-order valence-electron chi connectivity index (χ2n) is 8.05. The molecule has 10 heteroatoms. The molecule has 1 aromatic carbocycles. The number of benzene rings is 1. The molecule has 0 aromatic heterocycles. The zero-order valence-corrected chi connectivity index (χ0v) is 18.8. The van der Waals surface area contributed by atoms with E-state index in [4.69, 9.17) is 13.6 Å². The number of carbonyl (C=O) groups is 1. The lowest BCUT2D eigenvalue weighted by atomic mass is 10.1. The van der Waals surface area contributed by atoms with Gasteiger partial charge in [-0.05, 0) is 57.0 Å². The lowest BCUT2D eigenvalue weighted by molar-refractivity contribution is -0.173. The number of halogens is 3. The van der Waals surface area contributed by atoms with Gasteiger partial charge in [0.1, 0.15) is 5.75 Å². The molecule has 0 aliphatic rings. The van der Waals surface area contributed by atoms with Crippen LogP contribution in [-0.4, -0.2) is 42.4 Å². The maximum Gasteiger partial charge on any atom is 0.471 e. The Morgan fingerprint density at radius 2 is 1.67 bits per heavy atom. The van der Waals surface area contributed by atoms with Gasteiger partial charge in [0.25, 0.3) is 0 Å². The maximum absolute atomic E-state index is 12.5. The molecule has 5 nitrogen and oxygen atoms in total. The van der Waals surface area contributed by atoms with E-state index in [0.717, 1.165) is 0 Å². The molecule has 0 aliphatic heterocycles. The molecule has 0 fully saturated rings. The van der Waals surface area contributed by atoms with E-state index in [0.29, 0.717) is 17.1 Å². The third-order valence-corrected chi connectivity index (χ3v) is 5.00. The van der Waals surface area contributed by atoms with Crippen LogP contribution in [0.25, 0.3) is 0 Å². The summed E-state index contributed by atoms with van der Waals surface area (Å²) in [7, 11) is -2.47. The number of nitrogens with one attached hydrogen (secondary N) is 1. The Bertz CT molecular complexity index is 655. The minimum absolute atomic E-state index is 0.292. The summed E-state index contributed by atoms with van der Waals surface area (Å²) in [6, 6.07) is 5.13. The van der Waals surface area contributed by atoms with Crippen molar-refractivity contribution in [2.24, 2.45) is 0 Å². The molecule has 1 aromatic rings. The Labute approximate surface area is 160 Å². The van der Waals surface area contributed by atoms with Crippen LogP contribution in [0.4, 0.5) is 13.2 Å². The molecular formula is C17H28F3NO4Si2. The predicted molar refractivity (Wildman–Crippen MR) is 103 cm³/mol. The number of hydrogen-bond donors (Lipinski definition) is 1. The number of hydrogen-bond acceptors (Lipinski definition) is 4. The van der Waals surface area contributed by atoms with Gasteiger partial charge < -0.3 is 18.9 Å². The Kier molecular flexibility index (Phi) is 7.54. The van der Waals surface area contributed by atoms with Gasteiger partial charge in [0.15, 0.2) is 14.1 Å². The van der Waals surface area contributed by atoms with Crippen molar-refractivity contribution in [3.63, 3.8) is 0 Å². The first-order chi connectivity index (χ1) is 12.1. The van der Waals surface area contributed by atoms with Crippen molar-refractivity contribution in [1.82, 2.24) is 5.32 Å². The highest BCUT2D eigenvalue weighted by atomic mass is 28.4. The second-order valence-corrected chi connectivity index (χ2v) is 16.9. The largest absolute Gasteiger partial charge is 0.542 e.